The van der Waals surface area contributed by atoms with Gasteiger partial charge in [0, 0.05) is 15.5 Å². The van der Waals surface area contributed by atoms with Gasteiger partial charge in [-0.05, 0) is 23.9 Å². The fraction of sp³-hybridized carbons (Fsp3) is 0.250. The van der Waals surface area contributed by atoms with Gasteiger partial charge < -0.3 is 11.1 Å². The van der Waals surface area contributed by atoms with Crippen LogP contribution >= 0.6 is 28.1 Å². The number of anilines is 1. The summed E-state index contributed by atoms with van der Waals surface area (Å²) in [5.41, 5.74) is 6.45. The molecule has 0 radical (unpaired) electrons. The Labute approximate surface area is 138 Å². The lowest BCUT2D eigenvalue weighted by atomic mass is 10.0. The number of thiocarbonyl (C=S) groups is 1. The number of hydrogen-bond donors (Lipinski definition) is 2. The van der Waals surface area contributed by atoms with E-state index in [1.165, 1.54) is 0 Å². The van der Waals surface area contributed by atoms with Crippen molar-refractivity contribution in [2.75, 3.05) is 5.32 Å². The van der Waals surface area contributed by atoms with E-state index in [0.717, 1.165) is 27.4 Å². The Kier molecular flexibility index (Phi) is 5.31. The molecule has 2 aromatic carbocycles. The highest BCUT2D eigenvalue weighted by atomic mass is 79.9. The molecule has 3 N–H and O–H groups in total. The molecule has 5 heteroatoms. The van der Waals surface area contributed by atoms with Gasteiger partial charge in [0.25, 0.3) is 0 Å². The summed E-state index contributed by atoms with van der Waals surface area (Å²) in [7, 11) is 0. The minimum atomic E-state index is -0.424. The van der Waals surface area contributed by atoms with Crippen LogP contribution in [0.25, 0.3) is 10.8 Å². The fourth-order valence-corrected chi connectivity index (χ4v) is 2.99. The van der Waals surface area contributed by atoms with Crippen molar-refractivity contribution in [2.24, 2.45) is 11.7 Å². The smallest absolute Gasteiger partial charge is 0.234 e. The van der Waals surface area contributed by atoms with Crippen LogP contribution in [0.15, 0.2) is 40.9 Å². The largest absolute Gasteiger partial charge is 0.393 e. The third-order valence-corrected chi connectivity index (χ3v) is 4.34. The van der Waals surface area contributed by atoms with Crippen LogP contribution in [0.4, 0.5) is 5.69 Å². The van der Waals surface area contributed by atoms with Crippen LogP contribution in [0.5, 0.6) is 0 Å². The Bertz CT molecular complexity index is 687. The molecule has 0 fully saturated rings. The van der Waals surface area contributed by atoms with Crippen LogP contribution in [-0.2, 0) is 4.79 Å². The number of halogens is 1. The highest BCUT2D eigenvalue weighted by molar-refractivity contribution is 9.10. The average molecular weight is 365 g/mol. The molecule has 1 unspecified atom stereocenters. The Hall–Kier alpha value is -1.46. The molecule has 2 rings (SSSR count). The van der Waals surface area contributed by atoms with Gasteiger partial charge in [-0.3, -0.25) is 4.79 Å². The first-order valence-electron chi connectivity index (χ1n) is 6.82. The number of carbonyl (C=O) groups excluding carboxylic acids is 1. The molecule has 0 saturated carbocycles. The van der Waals surface area contributed by atoms with E-state index >= 15 is 0 Å². The van der Waals surface area contributed by atoms with Crippen molar-refractivity contribution in [1.29, 1.82) is 0 Å². The van der Waals surface area contributed by atoms with Gasteiger partial charge >= 0.3 is 0 Å². The Morgan fingerprint density at radius 2 is 1.95 bits per heavy atom. The summed E-state index contributed by atoms with van der Waals surface area (Å²) in [5, 5.41) is 4.99. The number of hydrogen-bond acceptors (Lipinski definition) is 2. The number of nitrogens with one attached hydrogen (secondary N) is 1. The van der Waals surface area contributed by atoms with Crippen molar-refractivity contribution < 1.29 is 4.79 Å². The first-order valence-corrected chi connectivity index (χ1v) is 8.02. The monoisotopic (exact) mass is 364 g/mol. The molecule has 0 saturated heterocycles. The van der Waals surface area contributed by atoms with Crippen LogP contribution in [0.1, 0.15) is 19.8 Å². The van der Waals surface area contributed by atoms with Crippen LogP contribution in [0, 0.1) is 5.92 Å². The topological polar surface area (TPSA) is 55.1 Å². The van der Waals surface area contributed by atoms with Crippen LogP contribution in [0.2, 0.25) is 0 Å². The number of amides is 1. The molecule has 1 amide bonds. The molecule has 0 aliphatic heterocycles. The first kappa shape index (κ1) is 15.9. The Balaban J connectivity index is 2.33. The second-order valence-corrected chi connectivity index (χ2v) is 6.20. The molecule has 0 heterocycles. The Morgan fingerprint density at radius 1 is 1.29 bits per heavy atom. The molecule has 0 aliphatic rings. The first-order chi connectivity index (χ1) is 10.0. The zero-order valence-electron chi connectivity index (χ0n) is 11.7. The predicted molar refractivity (Wildman–Crippen MR) is 95.5 cm³/mol. The average Bonchev–Trinajstić information content (AvgIpc) is 2.47. The highest BCUT2D eigenvalue weighted by Gasteiger charge is 2.21. The summed E-state index contributed by atoms with van der Waals surface area (Å²) < 4.78 is 0.996. The summed E-state index contributed by atoms with van der Waals surface area (Å²) in [4.78, 5) is 12.6. The minimum absolute atomic E-state index is 0.142. The van der Waals surface area contributed by atoms with Gasteiger partial charge in [-0.1, -0.05) is 65.8 Å². The standard InChI is InChI=1S/C16H17BrN2OS/c1-2-5-12(15(18)21)16(20)19-14-9-8-13(17)10-6-3-4-7-11(10)14/h3-4,6-9,12H,2,5H2,1H3,(H2,18,21)(H,19,20). The molecule has 110 valence electrons. The van der Waals surface area contributed by atoms with Crippen molar-refractivity contribution in [3.63, 3.8) is 0 Å². The zero-order chi connectivity index (χ0) is 15.4. The molecule has 21 heavy (non-hydrogen) atoms. The molecule has 0 bridgehead atoms. The highest BCUT2D eigenvalue weighted by Crippen LogP contribution is 2.30. The maximum Gasteiger partial charge on any atom is 0.234 e. The van der Waals surface area contributed by atoms with Crippen molar-refractivity contribution in [2.45, 2.75) is 19.8 Å². The van der Waals surface area contributed by atoms with Gasteiger partial charge in [-0.25, -0.2) is 0 Å². The summed E-state index contributed by atoms with van der Waals surface area (Å²) in [6.45, 7) is 2.01. The van der Waals surface area contributed by atoms with Crippen LogP contribution in [0.3, 0.4) is 0 Å². The lowest BCUT2D eigenvalue weighted by Gasteiger charge is -2.16. The normalized spacial score (nSPS) is 12.1. The van der Waals surface area contributed by atoms with Crippen molar-refractivity contribution in [3.8, 4) is 0 Å². The molecule has 0 aromatic heterocycles. The summed E-state index contributed by atoms with van der Waals surface area (Å²) in [5.74, 6) is -0.566. The number of nitrogens with two attached hydrogens (primary N) is 1. The molecule has 0 aliphatic carbocycles. The van der Waals surface area contributed by atoms with Gasteiger partial charge in [0.1, 0.15) is 0 Å². The van der Waals surface area contributed by atoms with Gasteiger partial charge in [0.2, 0.25) is 5.91 Å². The van der Waals surface area contributed by atoms with E-state index < -0.39 is 5.92 Å². The summed E-state index contributed by atoms with van der Waals surface area (Å²) in [6, 6.07) is 11.7. The van der Waals surface area contributed by atoms with E-state index in [-0.39, 0.29) is 10.9 Å². The molecule has 2 aromatic rings. The third kappa shape index (κ3) is 3.60. The van der Waals surface area contributed by atoms with Gasteiger partial charge in [-0.2, -0.15) is 0 Å². The van der Waals surface area contributed by atoms with E-state index in [2.05, 4.69) is 21.2 Å². The van der Waals surface area contributed by atoms with Gasteiger partial charge in [-0.15, -0.1) is 0 Å². The maximum atomic E-state index is 12.4. The number of fused-ring (bicyclic) bond motifs is 1. The second-order valence-electron chi connectivity index (χ2n) is 4.87. The predicted octanol–water partition coefficient (Wildman–Crippen LogP) is 4.24. The second kappa shape index (κ2) is 7.00. The lowest BCUT2D eigenvalue weighted by molar-refractivity contribution is -0.118. The number of benzene rings is 2. The van der Waals surface area contributed by atoms with Crippen LogP contribution < -0.4 is 11.1 Å². The van der Waals surface area contributed by atoms with E-state index in [9.17, 15) is 4.79 Å². The number of rotatable bonds is 5. The summed E-state index contributed by atoms with van der Waals surface area (Å²) in [6.07, 6.45) is 1.52. The van der Waals surface area contributed by atoms with E-state index in [1.807, 2.05) is 43.3 Å². The minimum Gasteiger partial charge on any atom is -0.393 e. The fourth-order valence-electron chi connectivity index (χ4n) is 2.28. The van der Waals surface area contributed by atoms with Gasteiger partial charge in [0.05, 0.1) is 10.9 Å². The summed E-state index contributed by atoms with van der Waals surface area (Å²) >= 11 is 8.52. The molecule has 1 atom stereocenters. The Morgan fingerprint density at radius 3 is 2.57 bits per heavy atom. The SMILES string of the molecule is CCCC(C(=O)Nc1ccc(Br)c2ccccc12)C(N)=S. The van der Waals surface area contributed by atoms with E-state index in [0.29, 0.717) is 6.42 Å². The number of carbonyl (C=O) groups is 1. The zero-order valence-corrected chi connectivity index (χ0v) is 14.1. The third-order valence-electron chi connectivity index (χ3n) is 3.37. The van der Waals surface area contributed by atoms with E-state index in [1.54, 1.807) is 0 Å². The molecular formula is C16H17BrN2OS. The van der Waals surface area contributed by atoms with Crippen molar-refractivity contribution in [1.82, 2.24) is 0 Å². The molecule has 3 nitrogen and oxygen atoms in total. The van der Waals surface area contributed by atoms with Gasteiger partial charge in [0.15, 0.2) is 0 Å². The van der Waals surface area contributed by atoms with Crippen LogP contribution in [-0.4, -0.2) is 10.9 Å². The van der Waals surface area contributed by atoms with Crippen molar-refractivity contribution >= 4 is 55.5 Å². The maximum absolute atomic E-state index is 12.4. The van der Waals surface area contributed by atoms with E-state index in [4.69, 9.17) is 18.0 Å². The molecular weight excluding hydrogens is 348 g/mol. The lowest BCUT2D eigenvalue weighted by Crippen LogP contribution is -2.33. The quantitative estimate of drug-likeness (QED) is 0.779. The van der Waals surface area contributed by atoms with Crippen molar-refractivity contribution in [3.05, 3.63) is 40.9 Å². The molecule has 0 spiro atoms.